The van der Waals surface area contributed by atoms with Crippen molar-refractivity contribution in [2.45, 2.75) is 13.1 Å². The highest BCUT2D eigenvalue weighted by Gasteiger charge is 2.30. The van der Waals surface area contributed by atoms with Gasteiger partial charge in [-0.1, -0.05) is 36.9 Å². The van der Waals surface area contributed by atoms with Crippen LogP contribution >= 0.6 is 0 Å². The molecule has 148 valence electrons. The third-order valence-electron chi connectivity index (χ3n) is 5.89. The van der Waals surface area contributed by atoms with Crippen LogP contribution in [0.4, 0.5) is 0 Å². The van der Waals surface area contributed by atoms with E-state index in [-0.39, 0.29) is 23.9 Å². The number of carbonyl (C=O) groups excluding carboxylic acids is 3. The highest BCUT2D eigenvalue weighted by Crippen LogP contribution is 2.35. The molecule has 3 aromatic rings. The molecular weight excluding hydrogens is 378 g/mol. The zero-order valence-electron chi connectivity index (χ0n) is 16.2. The SMILES string of the molecule is C=C(CN1Cc2c(ccc3ccc(-c4cccc5c4CNC5=O)cc23)C1=O)C(N)=O. The highest BCUT2D eigenvalue weighted by molar-refractivity contribution is 6.06. The molecule has 3 N–H and O–H groups in total. The second-order valence-corrected chi connectivity index (χ2v) is 7.67. The van der Waals surface area contributed by atoms with Crippen molar-refractivity contribution in [2.75, 3.05) is 6.54 Å². The van der Waals surface area contributed by atoms with Crippen molar-refractivity contribution in [1.29, 1.82) is 0 Å². The molecule has 3 aromatic carbocycles. The van der Waals surface area contributed by atoms with Gasteiger partial charge in [0, 0.05) is 29.8 Å². The lowest BCUT2D eigenvalue weighted by atomic mass is 9.93. The summed E-state index contributed by atoms with van der Waals surface area (Å²) in [5, 5.41) is 4.89. The number of primary amides is 1. The standard InChI is InChI=1S/C24H19N3O3/c1-13(22(25)28)11-27-12-21-18(24(27)30)8-7-14-5-6-15(9-19(14)21)16-3-2-4-17-20(16)10-26-23(17)29/h2-9H,1,10-12H2,(H2,25,28)(H,26,29). The Balaban J connectivity index is 1.60. The van der Waals surface area contributed by atoms with Crippen LogP contribution in [0.5, 0.6) is 0 Å². The lowest BCUT2D eigenvalue weighted by molar-refractivity contribution is -0.114. The molecule has 0 bridgehead atoms. The Hall–Kier alpha value is -3.93. The van der Waals surface area contributed by atoms with Gasteiger partial charge in [-0.05, 0) is 51.2 Å². The topological polar surface area (TPSA) is 92.5 Å². The largest absolute Gasteiger partial charge is 0.366 e. The van der Waals surface area contributed by atoms with Gasteiger partial charge in [0.25, 0.3) is 11.8 Å². The van der Waals surface area contributed by atoms with Gasteiger partial charge in [-0.25, -0.2) is 0 Å². The normalized spacial score (nSPS) is 14.6. The summed E-state index contributed by atoms with van der Waals surface area (Å²) in [6.45, 7) is 4.69. The molecule has 0 atom stereocenters. The summed E-state index contributed by atoms with van der Waals surface area (Å²) in [4.78, 5) is 37.8. The van der Waals surface area contributed by atoms with E-state index in [1.807, 2.05) is 42.5 Å². The van der Waals surface area contributed by atoms with Gasteiger partial charge in [0.2, 0.25) is 5.91 Å². The van der Waals surface area contributed by atoms with E-state index in [4.69, 9.17) is 5.73 Å². The van der Waals surface area contributed by atoms with Crippen molar-refractivity contribution in [3.63, 3.8) is 0 Å². The quantitative estimate of drug-likeness (QED) is 0.663. The number of hydrogen-bond acceptors (Lipinski definition) is 3. The Morgan fingerprint density at radius 3 is 2.60 bits per heavy atom. The number of carbonyl (C=O) groups is 3. The summed E-state index contributed by atoms with van der Waals surface area (Å²) in [7, 11) is 0. The van der Waals surface area contributed by atoms with Gasteiger partial charge in [-0.3, -0.25) is 14.4 Å². The average molecular weight is 397 g/mol. The number of nitrogens with one attached hydrogen (secondary N) is 1. The van der Waals surface area contributed by atoms with Gasteiger partial charge in [-0.2, -0.15) is 0 Å². The Kier molecular flexibility index (Phi) is 3.96. The molecule has 2 aliphatic heterocycles. The monoisotopic (exact) mass is 397 g/mol. The van der Waals surface area contributed by atoms with Crippen LogP contribution in [-0.2, 0) is 17.9 Å². The fourth-order valence-electron chi connectivity index (χ4n) is 4.31. The fourth-order valence-corrected chi connectivity index (χ4v) is 4.31. The van der Waals surface area contributed by atoms with Gasteiger partial charge < -0.3 is 16.0 Å². The maximum absolute atomic E-state index is 12.8. The van der Waals surface area contributed by atoms with E-state index in [2.05, 4.69) is 18.0 Å². The van der Waals surface area contributed by atoms with Crippen LogP contribution in [0.1, 0.15) is 31.8 Å². The molecule has 0 radical (unpaired) electrons. The Bertz CT molecular complexity index is 1290. The molecule has 0 fully saturated rings. The lowest BCUT2D eigenvalue weighted by Gasteiger charge is -2.15. The molecule has 0 spiro atoms. The van der Waals surface area contributed by atoms with Crippen molar-refractivity contribution >= 4 is 28.5 Å². The van der Waals surface area contributed by atoms with E-state index in [1.54, 1.807) is 4.90 Å². The first-order valence-electron chi connectivity index (χ1n) is 9.67. The first-order valence-corrected chi connectivity index (χ1v) is 9.67. The molecular formula is C24H19N3O3. The van der Waals surface area contributed by atoms with Crippen LogP contribution in [0.25, 0.3) is 21.9 Å². The average Bonchev–Trinajstić information content (AvgIpc) is 3.28. The molecule has 6 nitrogen and oxygen atoms in total. The van der Waals surface area contributed by atoms with Crippen molar-refractivity contribution in [3.05, 3.63) is 82.9 Å². The number of nitrogens with zero attached hydrogens (tertiary/aromatic N) is 1. The molecule has 30 heavy (non-hydrogen) atoms. The number of hydrogen-bond donors (Lipinski definition) is 2. The molecule has 6 heteroatoms. The summed E-state index contributed by atoms with van der Waals surface area (Å²) in [5.74, 6) is -0.786. The zero-order valence-corrected chi connectivity index (χ0v) is 16.2. The van der Waals surface area contributed by atoms with Crippen molar-refractivity contribution < 1.29 is 14.4 Å². The summed E-state index contributed by atoms with van der Waals surface area (Å²) in [6, 6.07) is 15.6. The third kappa shape index (κ3) is 2.69. The van der Waals surface area contributed by atoms with Crippen LogP contribution < -0.4 is 11.1 Å². The first kappa shape index (κ1) is 18.1. The van der Waals surface area contributed by atoms with E-state index in [9.17, 15) is 14.4 Å². The minimum absolute atomic E-state index is 0.0514. The van der Waals surface area contributed by atoms with Crippen LogP contribution in [0, 0.1) is 0 Å². The van der Waals surface area contributed by atoms with Gasteiger partial charge in [-0.15, -0.1) is 0 Å². The van der Waals surface area contributed by atoms with E-state index in [0.29, 0.717) is 24.2 Å². The predicted octanol–water partition coefficient (Wildman–Crippen LogP) is 2.75. The number of benzene rings is 3. The minimum Gasteiger partial charge on any atom is -0.366 e. The fraction of sp³-hybridized carbons (Fsp3) is 0.125. The maximum Gasteiger partial charge on any atom is 0.254 e. The molecule has 2 aliphatic rings. The lowest BCUT2D eigenvalue weighted by Crippen LogP contribution is -2.30. The molecule has 2 heterocycles. The third-order valence-corrected chi connectivity index (χ3v) is 5.89. The number of nitrogens with two attached hydrogens (primary N) is 1. The van der Waals surface area contributed by atoms with Crippen LogP contribution in [0.15, 0.2) is 60.7 Å². The Labute approximate surface area is 173 Å². The second-order valence-electron chi connectivity index (χ2n) is 7.67. The zero-order chi connectivity index (χ0) is 21.0. The second kappa shape index (κ2) is 6.56. The van der Waals surface area contributed by atoms with Crippen LogP contribution in [0.3, 0.4) is 0 Å². The number of fused-ring (bicyclic) bond motifs is 4. The molecule has 0 saturated carbocycles. The van der Waals surface area contributed by atoms with Crippen molar-refractivity contribution in [2.24, 2.45) is 5.73 Å². The van der Waals surface area contributed by atoms with Gasteiger partial charge in [0.1, 0.15) is 0 Å². The maximum atomic E-state index is 12.8. The predicted molar refractivity (Wildman–Crippen MR) is 114 cm³/mol. The summed E-state index contributed by atoms with van der Waals surface area (Å²) < 4.78 is 0. The van der Waals surface area contributed by atoms with Crippen molar-refractivity contribution in [3.8, 4) is 11.1 Å². The van der Waals surface area contributed by atoms with E-state index in [1.165, 1.54) is 0 Å². The Morgan fingerprint density at radius 2 is 1.80 bits per heavy atom. The molecule has 0 aromatic heterocycles. The van der Waals surface area contributed by atoms with E-state index >= 15 is 0 Å². The van der Waals surface area contributed by atoms with Gasteiger partial charge in [0.15, 0.2) is 0 Å². The van der Waals surface area contributed by atoms with E-state index < -0.39 is 5.91 Å². The van der Waals surface area contributed by atoms with Gasteiger partial charge in [0.05, 0.1) is 6.54 Å². The summed E-state index contributed by atoms with van der Waals surface area (Å²) in [5.41, 5.74) is 10.8. The minimum atomic E-state index is -0.605. The first-order chi connectivity index (χ1) is 14.4. The molecule has 5 rings (SSSR count). The smallest absolute Gasteiger partial charge is 0.254 e. The van der Waals surface area contributed by atoms with Crippen LogP contribution in [-0.4, -0.2) is 29.2 Å². The molecule has 0 aliphatic carbocycles. The van der Waals surface area contributed by atoms with Gasteiger partial charge >= 0.3 is 0 Å². The summed E-state index contributed by atoms with van der Waals surface area (Å²) in [6.07, 6.45) is 0. The Morgan fingerprint density at radius 1 is 1.03 bits per heavy atom. The number of amides is 3. The van der Waals surface area contributed by atoms with E-state index in [0.717, 1.165) is 33.0 Å². The highest BCUT2D eigenvalue weighted by atomic mass is 16.2. The van der Waals surface area contributed by atoms with Crippen LogP contribution in [0.2, 0.25) is 0 Å². The summed E-state index contributed by atoms with van der Waals surface area (Å²) >= 11 is 0. The van der Waals surface area contributed by atoms with Crippen molar-refractivity contribution in [1.82, 2.24) is 10.2 Å². The molecule has 3 amide bonds. The number of rotatable bonds is 4. The molecule has 0 unspecified atom stereocenters. The molecule has 0 saturated heterocycles.